The summed E-state index contributed by atoms with van der Waals surface area (Å²) in [5.41, 5.74) is 2.05. The molecule has 1 amide bonds. The fourth-order valence-corrected chi connectivity index (χ4v) is 1.84. The topological polar surface area (TPSA) is 96.0 Å². The van der Waals surface area contributed by atoms with Crippen molar-refractivity contribution in [3.8, 4) is 6.07 Å². The van der Waals surface area contributed by atoms with Gasteiger partial charge in [-0.2, -0.15) is 5.26 Å². The lowest BCUT2D eigenvalue weighted by molar-refractivity contribution is -0.384. The van der Waals surface area contributed by atoms with Crippen LogP contribution in [0.2, 0.25) is 0 Å². The predicted molar refractivity (Wildman–Crippen MR) is 86.5 cm³/mol. The number of hydrogen-bond donors (Lipinski definition) is 1. The van der Waals surface area contributed by atoms with E-state index < -0.39 is 10.8 Å². The SMILES string of the molecule is Cc1ccc(NC(=O)C(C#N)=Cc2ccc([N+](=O)[O-])cc2)cc1. The molecule has 1 N–H and O–H groups in total. The van der Waals surface area contributed by atoms with Crippen LogP contribution in [0.3, 0.4) is 0 Å². The van der Waals surface area contributed by atoms with Gasteiger partial charge in [0.2, 0.25) is 0 Å². The highest BCUT2D eigenvalue weighted by atomic mass is 16.6. The fraction of sp³-hybridized carbons (Fsp3) is 0.0588. The molecule has 6 heteroatoms. The van der Waals surface area contributed by atoms with Crippen LogP contribution in [0.4, 0.5) is 11.4 Å². The second kappa shape index (κ2) is 7.00. The Bertz CT molecular complexity index is 800. The largest absolute Gasteiger partial charge is 0.321 e. The van der Waals surface area contributed by atoms with Crippen molar-refractivity contribution in [3.05, 3.63) is 75.3 Å². The van der Waals surface area contributed by atoms with Crippen molar-refractivity contribution in [1.82, 2.24) is 0 Å². The monoisotopic (exact) mass is 307 g/mol. The van der Waals surface area contributed by atoms with Gasteiger partial charge in [-0.05, 0) is 42.8 Å². The minimum absolute atomic E-state index is 0.0511. The second-order valence-corrected chi connectivity index (χ2v) is 4.84. The molecular weight excluding hydrogens is 294 g/mol. The summed E-state index contributed by atoms with van der Waals surface area (Å²) in [5.74, 6) is -0.533. The van der Waals surface area contributed by atoms with Crippen molar-refractivity contribution in [2.45, 2.75) is 6.92 Å². The molecule has 0 unspecified atom stereocenters. The quantitative estimate of drug-likeness (QED) is 0.405. The van der Waals surface area contributed by atoms with Crippen LogP contribution >= 0.6 is 0 Å². The summed E-state index contributed by atoms with van der Waals surface area (Å²) in [6, 6.07) is 14.6. The van der Waals surface area contributed by atoms with E-state index in [1.54, 1.807) is 12.1 Å². The molecule has 0 saturated carbocycles. The van der Waals surface area contributed by atoms with E-state index in [1.807, 2.05) is 25.1 Å². The molecule has 0 heterocycles. The van der Waals surface area contributed by atoms with Crippen molar-refractivity contribution in [2.75, 3.05) is 5.32 Å². The average molecular weight is 307 g/mol. The summed E-state index contributed by atoms with van der Waals surface area (Å²) >= 11 is 0. The normalized spacial score (nSPS) is 10.7. The first-order valence-electron chi connectivity index (χ1n) is 6.74. The van der Waals surface area contributed by atoms with Crippen LogP contribution in [-0.2, 0) is 4.79 Å². The van der Waals surface area contributed by atoms with Crippen LogP contribution in [0.1, 0.15) is 11.1 Å². The summed E-state index contributed by atoms with van der Waals surface area (Å²) in [6.07, 6.45) is 1.38. The van der Waals surface area contributed by atoms with Crippen molar-refractivity contribution >= 4 is 23.4 Å². The van der Waals surface area contributed by atoms with Gasteiger partial charge in [0.25, 0.3) is 11.6 Å². The zero-order valence-electron chi connectivity index (χ0n) is 12.3. The first-order chi connectivity index (χ1) is 11.0. The van der Waals surface area contributed by atoms with Gasteiger partial charge in [-0.1, -0.05) is 17.7 Å². The van der Waals surface area contributed by atoms with Gasteiger partial charge in [0.05, 0.1) is 4.92 Å². The maximum Gasteiger partial charge on any atom is 0.269 e. The molecule has 2 aromatic carbocycles. The number of nitrogens with zero attached hydrogens (tertiary/aromatic N) is 2. The molecule has 0 radical (unpaired) electrons. The maximum atomic E-state index is 12.1. The van der Waals surface area contributed by atoms with Gasteiger partial charge in [0.15, 0.2) is 0 Å². The number of aryl methyl sites for hydroxylation is 1. The third-order valence-corrected chi connectivity index (χ3v) is 3.09. The van der Waals surface area contributed by atoms with Gasteiger partial charge in [-0.25, -0.2) is 0 Å². The summed E-state index contributed by atoms with van der Waals surface area (Å²) in [6.45, 7) is 1.93. The molecule has 0 atom stereocenters. The maximum absolute atomic E-state index is 12.1. The van der Waals surface area contributed by atoms with Crippen LogP contribution in [0.25, 0.3) is 6.08 Å². The minimum Gasteiger partial charge on any atom is -0.321 e. The summed E-state index contributed by atoms with van der Waals surface area (Å²) in [4.78, 5) is 22.2. The number of carbonyl (C=O) groups is 1. The van der Waals surface area contributed by atoms with Crippen LogP contribution in [0.5, 0.6) is 0 Å². The molecule has 0 fully saturated rings. The van der Waals surface area contributed by atoms with E-state index in [0.29, 0.717) is 11.3 Å². The molecule has 0 aromatic heterocycles. The molecule has 0 aliphatic rings. The number of non-ortho nitro benzene ring substituents is 1. The number of carbonyl (C=O) groups excluding carboxylic acids is 1. The van der Waals surface area contributed by atoms with E-state index in [-0.39, 0.29) is 11.3 Å². The highest BCUT2D eigenvalue weighted by Gasteiger charge is 2.10. The molecule has 0 spiro atoms. The lowest BCUT2D eigenvalue weighted by atomic mass is 10.1. The molecule has 2 rings (SSSR count). The average Bonchev–Trinajstić information content (AvgIpc) is 2.55. The van der Waals surface area contributed by atoms with Crippen LogP contribution < -0.4 is 5.32 Å². The van der Waals surface area contributed by atoms with E-state index in [4.69, 9.17) is 5.26 Å². The molecule has 6 nitrogen and oxygen atoms in total. The predicted octanol–water partition coefficient (Wildman–Crippen LogP) is 3.45. The minimum atomic E-state index is -0.533. The van der Waals surface area contributed by atoms with E-state index in [9.17, 15) is 14.9 Å². The van der Waals surface area contributed by atoms with Crippen molar-refractivity contribution in [3.63, 3.8) is 0 Å². The Morgan fingerprint density at radius 1 is 1.17 bits per heavy atom. The Kier molecular flexibility index (Phi) is 4.85. The molecule has 0 bridgehead atoms. The zero-order valence-corrected chi connectivity index (χ0v) is 12.3. The first kappa shape index (κ1) is 15.9. The highest BCUT2D eigenvalue weighted by molar-refractivity contribution is 6.09. The van der Waals surface area contributed by atoms with Crippen LogP contribution in [0.15, 0.2) is 54.1 Å². The van der Waals surface area contributed by atoms with E-state index in [1.165, 1.54) is 30.3 Å². The van der Waals surface area contributed by atoms with Gasteiger partial charge in [0, 0.05) is 17.8 Å². The van der Waals surface area contributed by atoms with Gasteiger partial charge in [-0.15, -0.1) is 0 Å². The Balaban J connectivity index is 2.17. The molecule has 0 aliphatic heterocycles. The van der Waals surface area contributed by atoms with Crippen LogP contribution in [-0.4, -0.2) is 10.8 Å². The Labute approximate surface area is 132 Å². The number of rotatable bonds is 4. The van der Waals surface area contributed by atoms with Crippen molar-refractivity contribution in [1.29, 1.82) is 5.26 Å². The van der Waals surface area contributed by atoms with Gasteiger partial charge in [-0.3, -0.25) is 14.9 Å². The molecule has 0 saturated heterocycles. The lowest BCUT2D eigenvalue weighted by Crippen LogP contribution is -2.13. The van der Waals surface area contributed by atoms with E-state index in [2.05, 4.69) is 5.32 Å². The number of amides is 1. The summed E-state index contributed by atoms with van der Waals surface area (Å²) in [7, 11) is 0. The smallest absolute Gasteiger partial charge is 0.269 e. The number of nitrogens with one attached hydrogen (secondary N) is 1. The number of hydrogen-bond acceptors (Lipinski definition) is 4. The molecule has 23 heavy (non-hydrogen) atoms. The molecule has 114 valence electrons. The Morgan fingerprint density at radius 2 is 1.78 bits per heavy atom. The first-order valence-corrected chi connectivity index (χ1v) is 6.74. The second-order valence-electron chi connectivity index (χ2n) is 4.84. The summed E-state index contributed by atoms with van der Waals surface area (Å²) in [5, 5.41) is 22.4. The van der Waals surface area contributed by atoms with Gasteiger partial charge >= 0.3 is 0 Å². The standard InChI is InChI=1S/C17H13N3O3/c1-12-2-6-15(7-3-12)19-17(21)14(11-18)10-13-4-8-16(9-5-13)20(22)23/h2-10H,1H3,(H,19,21). The van der Waals surface area contributed by atoms with Gasteiger partial charge < -0.3 is 5.32 Å². The number of nitro benzene ring substituents is 1. The molecular formula is C17H13N3O3. The Morgan fingerprint density at radius 3 is 2.30 bits per heavy atom. The third kappa shape index (κ3) is 4.25. The lowest BCUT2D eigenvalue weighted by Gasteiger charge is -2.04. The number of benzene rings is 2. The van der Waals surface area contributed by atoms with E-state index in [0.717, 1.165) is 5.56 Å². The van der Waals surface area contributed by atoms with E-state index >= 15 is 0 Å². The zero-order chi connectivity index (χ0) is 16.8. The molecule has 0 aliphatic carbocycles. The van der Waals surface area contributed by atoms with Gasteiger partial charge in [0.1, 0.15) is 11.6 Å². The number of nitriles is 1. The van der Waals surface area contributed by atoms with Crippen molar-refractivity contribution in [2.24, 2.45) is 0 Å². The third-order valence-electron chi connectivity index (χ3n) is 3.09. The summed E-state index contributed by atoms with van der Waals surface area (Å²) < 4.78 is 0. The number of nitro groups is 1. The number of anilines is 1. The van der Waals surface area contributed by atoms with Crippen LogP contribution in [0, 0.1) is 28.4 Å². The highest BCUT2D eigenvalue weighted by Crippen LogP contribution is 2.15. The molecule has 2 aromatic rings. The Hall–Kier alpha value is -3.46. The fourth-order valence-electron chi connectivity index (χ4n) is 1.84. The van der Waals surface area contributed by atoms with Crippen molar-refractivity contribution < 1.29 is 9.72 Å².